The number of hydrogen-bond acceptors (Lipinski definition) is 2. The predicted octanol–water partition coefficient (Wildman–Crippen LogP) is 1.14. The Balaban J connectivity index is 2.87. The molecule has 0 unspecified atom stereocenters. The second kappa shape index (κ2) is 2.27. The second-order valence-electron chi connectivity index (χ2n) is 2.02. The summed E-state index contributed by atoms with van der Waals surface area (Å²) >= 11 is 4.78. The molecule has 9 heavy (non-hydrogen) atoms. The summed E-state index contributed by atoms with van der Waals surface area (Å²) in [5, 5.41) is 8.94. The number of nitrogens with zero attached hydrogens (tertiary/aromatic N) is 1. The molecule has 0 fully saturated rings. The van der Waals surface area contributed by atoms with Crippen molar-refractivity contribution in [1.82, 2.24) is 0 Å². The average molecular weight is 142 g/mol. The number of hydroxylamine groups is 1. The monoisotopic (exact) mass is 142 g/mol. The topological polar surface area (TPSA) is 23.2 Å². The molecule has 1 aliphatic rings. The van der Waals surface area contributed by atoms with Crippen LogP contribution in [0, 0.1) is 0 Å². The number of thiocarbonyl (C=S) groups is 1. The minimum Gasteiger partial charge on any atom is -0.284 e. The molecule has 0 amide bonds. The smallest absolute Gasteiger partial charge is 0.284 e. The van der Waals surface area contributed by atoms with Gasteiger partial charge in [-0.15, -0.1) is 0 Å². The summed E-state index contributed by atoms with van der Waals surface area (Å²) in [5.74, 6) is 0. The van der Waals surface area contributed by atoms with Crippen LogP contribution in [0.5, 0.6) is 0 Å². The van der Waals surface area contributed by atoms with Crippen LogP contribution in [0.2, 0.25) is 0 Å². The highest BCUT2D eigenvalue weighted by molar-refractivity contribution is 7.80. The Bertz CT molecular complexity index is 205. The Kier molecular flexibility index (Phi) is 1.62. The molecule has 1 aliphatic heterocycles. The molecule has 3 heteroatoms. The lowest BCUT2D eigenvalue weighted by Gasteiger charge is -1.97. The first kappa shape index (κ1) is 6.42. The lowest BCUT2D eigenvalue weighted by atomic mass is 10.2. The minimum absolute atomic E-state index is 0.556. The van der Waals surface area contributed by atoms with Crippen LogP contribution in [-0.2, 0) is 0 Å². The summed E-state index contributed by atoms with van der Waals surface area (Å²) < 4.78 is 0.991. The Hall–Kier alpha value is -0.700. The SMILES string of the molecule is CC1=CCC(=S)[N+](O)=C1. The van der Waals surface area contributed by atoms with E-state index in [1.165, 1.54) is 0 Å². The van der Waals surface area contributed by atoms with Gasteiger partial charge < -0.3 is 0 Å². The summed E-state index contributed by atoms with van der Waals surface area (Å²) in [7, 11) is 0. The fourth-order valence-corrected chi connectivity index (χ4v) is 0.795. The van der Waals surface area contributed by atoms with Crippen molar-refractivity contribution >= 4 is 23.4 Å². The average Bonchev–Trinajstić information content (AvgIpc) is 1.80. The van der Waals surface area contributed by atoms with Crippen LogP contribution in [0.15, 0.2) is 11.6 Å². The van der Waals surface area contributed by atoms with Gasteiger partial charge in [0.25, 0.3) is 0 Å². The van der Waals surface area contributed by atoms with E-state index >= 15 is 0 Å². The van der Waals surface area contributed by atoms with Crippen molar-refractivity contribution in [3.05, 3.63) is 11.6 Å². The molecule has 0 aromatic heterocycles. The van der Waals surface area contributed by atoms with Crippen LogP contribution in [-0.4, -0.2) is 21.1 Å². The van der Waals surface area contributed by atoms with Gasteiger partial charge in [-0.2, -0.15) is 0 Å². The summed E-state index contributed by atoms with van der Waals surface area (Å²) in [4.78, 5) is 0.556. The molecule has 0 aromatic carbocycles. The van der Waals surface area contributed by atoms with Gasteiger partial charge in [0.1, 0.15) is 0 Å². The van der Waals surface area contributed by atoms with E-state index in [0.29, 0.717) is 11.4 Å². The first-order valence-corrected chi connectivity index (χ1v) is 3.13. The van der Waals surface area contributed by atoms with Gasteiger partial charge in [-0.25, -0.2) is 0 Å². The third-order valence-corrected chi connectivity index (χ3v) is 1.53. The summed E-state index contributed by atoms with van der Waals surface area (Å²) in [6.45, 7) is 1.92. The Morgan fingerprint density at radius 2 is 2.44 bits per heavy atom. The second-order valence-corrected chi connectivity index (χ2v) is 2.49. The molecule has 48 valence electrons. The molecule has 0 spiro atoms. The largest absolute Gasteiger partial charge is 0.301 e. The quantitative estimate of drug-likeness (QED) is 0.311. The van der Waals surface area contributed by atoms with Gasteiger partial charge in [0.2, 0.25) is 6.21 Å². The highest BCUT2D eigenvalue weighted by Gasteiger charge is 2.14. The third-order valence-electron chi connectivity index (χ3n) is 1.18. The maximum Gasteiger partial charge on any atom is 0.301 e. The van der Waals surface area contributed by atoms with E-state index in [9.17, 15) is 0 Å². The first-order chi connectivity index (χ1) is 4.20. The van der Waals surface area contributed by atoms with Crippen molar-refractivity contribution < 1.29 is 9.95 Å². The van der Waals surface area contributed by atoms with Crippen molar-refractivity contribution in [3.8, 4) is 0 Å². The molecule has 0 aliphatic carbocycles. The maximum atomic E-state index is 8.94. The van der Waals surface area contributed by atoms with E-state index in [1.54, 1.807) is 6.21 Å². The Labute approximate surface area is 59.1 Å². The van der Waals surface area contributed by atoms with Crippen LogP contribution < -0.4 is 0 Å². The lowest BCUT2D eigenvalue weighted by Crippen LogP contribution is -2.18. The van der Waals surface area contributed by atoms with E-state index < -0.39 is 0 Å². The molecule has 0 atom stereocenters. The number of hydrogen-bond donors (Lipinski definition) is 1. The van der Waals surface area contributed by atoms with Gasteiger partial charge in [-0.05, 0) is 19.1 Å². The highest BCUT2D eigenvalue weighted by Crippen LogP contribution is 2.00. The molecular weight excluding hydrogens is 134 g/mol. The molecular formula is C6H8NOS+. The van der Waals surface area contributed by atoms with Gasteiger partial charge in [0, 0.05) is 10.3 Å². The minimum atomic E-state index is 0.556. The van der Waals surface area contributed by atoms with Gasteiger partial charge in [0.05, 0.1) is 6.42 Å². The number of rotatable bonds is 0. The number of allylic oxidation sites excluding steroid dienone is 1. The van der Waals surface area contributed by atoms with Crippen molar-refractivity contribution in [3.63, 3.8) is 0 Å². The van der Waals surface area contributed by atoms with E-state index in [1.807, 2.05) is 13.0 Å². The zero-order valence-electron chi connectivity index (χ0n) is 5.16. The van der Waals surface area contributed by atoms with Crippen LogP contribution in [0.25, 0.3) is 0 Å². The zero-order valence-corrected chi connectivity index (χ0v) is 5.98. The van der Waals surface area contributed by atoms with Crippen LogP contribution in [0.3, 0.4) is 0 Å². The van der Waals surface area contributed by atoms with Gasteiger partial charge >= 0.3 is 4.99 Å². The van der Waals surface area contributed by atoms with Crippen LogP contribution in [0.4, 0.5) is 0 Å². The molecule has 1 N–H and O–H groups in total. The predicted molar refractivity (Wildman–Crippen MR) is 39.1 cm³/mol. The highest BCUT2D eigenvalue weighted by atomic mass is 32.1. The molecule has 0 saturated carbocycles. The van der Waals surface area contributed by atoms with E-state index in [0.717, 1.165) is 10.3 Å². The summed E-state index contributed by atoms with van der Waals surface area (Å²) in [6.07, 6.45) is 4.26. The van der Waals surface area contributed by atoms with Gasteiger partial charge in [-0.1, -0.05) is 6.08 Å². The fourth-order valence-electron chi connectivity index (χ4n) is 0.659. The standard InChI is InChI=1S/C6H8NOS/c1-5-2-3-6(9)7(8)4-5/h2,4,8H,3H2,1H3/q+1. The Morgan fingerprint density at radius 3 is 2.89 bits per heavy atom. The fraction of sp³-hybridized carbons (Fsp3) is 0.333. The van der Waals surface area contributed by atoms with E-state index in [-0.39, 0.29) is 0 Å². The molecule has 1 heterocycles. The summed E-state index contributed by atoms with van der Waals surface area (Å²) in [5.41, 5.74) is 1.05. The maximum absolute atomic E-state index is 8.94. The third kappa shape index (κ3) is 1.36. The normalized spacial score (nSPS) is 19.0. The van der Waals surface area contributed by atoms with Crippen molar-refractivity contribution in [1.29, 1.82) is 0 Å². The molecule has 2 nitrogen and oxygen atoms in total. The molecule has 0 bridgehead atoms. The molecule has 0 radical (unpaired) electrons. The van der Waals surface area contributed by atoms with Gasteiger partial charge in [0.15, 0.2) is 0 Å². The van der Waals surface area contributed by atoms with Gasteiger partial charge in [-0.3, -0.25) is 5.21 Å². The first-order valence-electron chi connectivity index (χ1n) is 2.73. The summed E-state index contributed by atoms with van der Waals surface area (Å²) in [6, 6.07) is 0. The van der Waals surface area contributed by atoms with E-state index in [4.69, 9.17) is 17.4 Å². The molecule has 0 aromatic rings. The van der Waals surface area contributed by atoms with Crippen molar-refractivity contribution in [2.75, 3.05) is 0 Å². The van der Waals surface area contributed by atoms with Crippen molar-refractivity contribution in [2.24, 2.45) is 0 Å². The molecule has 1 rings (SSSR count). The zero-order chi connectivity index (χ0) is 6.85. The van der Waals surface area contributed by atoms with Crippen LogP contribution >= 0.6 is 12.2 Å². The Morgan fingerprint density at radius 1 is 1.78 bits per heavy atom. The van der Waals surface area contributed by atoms with E-state index in [2.05, 4.69) is 0 Å². The lowest BCUT2D eigenvalue weighted by molar-refractivity contribution is -0.684. The molecule has 0 saturated heterocycles. The van der Waals surface area contributed by atoms with Crippen LogP contribution in [0.1, 0.15) is 13.3 Å². The van der Waals surface area contributed by atoms with Crippen molar-refractivity contribution in [2.45, 2.75) is 13.3 Å².